The number of hydrogen-bond donors (Lipinski definition) is 0. The molecule has 0 saturated carbocycles. The van der Waals surface area contributed by atoms with Gasteiger partial charge in [-0.3, -0.25) is 0 Å². The molecule has 0 unspecified atom stereocenters. The van der Waals surface area contributed by atoms with Gasteiger partial charge in [0.1, 0.15) is 0 Å². The number of benzene rings is 4. The Hall–Kier alpha value is -3.62. The van der Waals surface area contributed by atoms with Crippen molar-refractivity contribution in [3.8, 4) is 0 Å². The van der Waals surface area contributed by atoms with Gasteiger partial charge in [-0.25, -0.2) is 0 Å². The maximum Gasteiger partial charge on any atom is 0.0540 e. The minimum atomic E-state index is 1.14. The van der Waals surface area contributed by atoms with Crippen LogP contribution in [0.15, 0.2) is 114 Å². The summed E-state index contributed by atoms with van der Waals surface area (Å²) in [4.78, 5) is 2.33. The lowest BCUT2D eigenvalue weighted by molar-refractivity contribution is 1.30. The van der Waals surface area contributed by atoms with Crippen molar-refractivity contribution < 1.29 is 0 Å². The molecule has 0 radical (unpaired) electrons. The number of thiophene rings is 1. The van der Waals surface area contributed by atoms with Crippen LogP contribution < -0.4 is 4.90 Å². The molecule has 0 aliphatic heterocycles. The summed E-state index contributed by atoms with van der Waals surface area (Å²) in [6.07, 6.45) is 4.32. The van der Waals surface area contributed by atoms with Crippen molar-refractivity contribution in [2.24, 2.45) is 0 Å². The lowest BCUT2D eigenvalue weighted by atomic mass is 10.1. The second-order valence-corrected chi connectivity index (χ2v) is 7.93. The fourth-order valence-electron chi connectivity index (χ4n) is 3.70. The Morgan fingerprint density at radius 3 is 2.07 bits per heavy atom. The summed E-state index contributed by atoms with van der Waals surface area (Å²) in [6, 6.07) is 36.5. The van der Waals surface area contributed by atoms with E-state index in [9.17, 15) is 0 Å². The van der Waals surface area contributed by atoms with Crippen molar-refractivity contribution in [3.63, 3.8) is 0 Å². The molecule has 0 amide bonds. The van der Waals surface area contributed by atoms with E-state index in [0.717, 1.165) is 11.4 Å². The molecule has 5 rings (SSSR count). The normalized spacial score (nSPS) is 11.2. The summed E-state index contributed by atoms with van der Waals surface area (Å²) in [6.45, 7) is 0. The highest BCUT2D eigenvalue weighted by molar-refractivity contribution is 7.08. The van der Waals surface area contributed by atoms with Crippen LogP contribution in [0, 0.1) is 0 Å². The van der Waals surface area contributed by atoms with E-state index in [-0.39, 0.29) is 0 Å². The summed E-state index contributed by atoms with van der Waals surface area (Å²) < 4.78 is 0. The molecule has 0 aliphatic rings. The highest BCUT2D eigenvalue weighted by atomic mass is 32.1. The smallest absolute Gasteiger partial charge is 0.0540 e. The highest BCUT2D eigenvalue weighted by Crippen LogP contribution is 2.38. The molecule has 5 aromatic rings. The van der Waals surface area contributed by atoms with Crippen LogP contribution in [0.25, 0.3) is 22.9 Å². The predicted molar refractivity (Wildman–Crippen MR) is 132 cm³/mol. The van der Waals surface area contributed by atoms with Gasteiger partial charge in [-0.1, -0.05) is 78.9 Å². The average Bonchev–Trinajstić information content (AvgIpc) is 3.33. The van der Waals surface area contributed by atoms with E-state index in [2.05, 4.69) is 131 Å². The van der Waals surface area contributed by atoms with Gasteiger partial charge in [0, 0.05) is 16.8 Å². The first kappa shape index (κ1) is 18.4. The third kappa shape index (κ3) is 3.78. The molecule has 30 heavy (non-hydrogen) atoms. The Kier molecular flexibility index (Phi) is 5.15. The van der Waals surface area contributed by atoms with E-state index in [0.29, 0.717) is 0 Å². The van der Waals surface area contributed by atoms with E-state index >= 15 is 0 Å². The third-order valence-corrected chi connectivity index (χ3v) is 5.89. The Morgan fingerprint density at radius 2 is 1.27 bits per heavy atom. The molecule has 0 N–H and O–H groups in total. The van der Waals surface area contributed by atoms with Gasteiger partial charge in [-0.15, -0.1) is 0 Å². The van der Waals surface area contributed by atoms with Crippen LogP contribution in [-0.4, -0.2) is 0 Å². The summed E-state index contributed by atoms with van der Waals surface area (Å²) >= 11 is 1.72. The van der Waals surface area contributed by atoms with Crippen LogP contribution in [0.1, 0.15) is 11.1 Å². The summed E-state index contributed by atoms with van der Waals surface area (Å²) in [7, 11) is 0. The van der Waals surface area contributed by atoms with Crippen LogP contribution in [0.3, 0.4) is 0 Å². The molecule has 2 heteroatoms. The van der Waals surface area contributed by atoms with Crippen molar-refractivity contribution in [1.29, 1.82) is 0 Å². The highest BCUT2D eigenvalue weighted by Gasteiger charge is 2.14. The van der Waals surface area contributed by atoms with Crippen LogP contribution in [0.4, 0.5) is 17.1 Å². The quantitative estimate of drug-likeness (QED) is 0.284. The molecule has 0 fully saturated rings. The van der Waals surface area contributed by atoms with E-state index in [1.54, 1.807) is 11.3 Å². The molecule has 1 nitrogen and oxygen atoms in total. The molecule has 1 aromatic heterocycles. The zero-order valence-electron chi connectivity index (χ0n) is 16.5. The standard InChI is InChI=1S/C28H21NS/c1-2-9-25(10-3-1)29(28-12-6-8-24-7-4-5-11-27(24)28)26-17-15-22(16-18-26)13-14-23-19-20-30-21-23/h1-21H. The van der Waals surface area contributed by atoms with E-state index < -0.39 is 0 Å². The fourth-order valence-corrected chi connectivity index (χ4v) is 4.33. The molecular weight excluding hydrogens is 382 g/mol. The molecule has 0 saturated heterocycles. The van der Waals surface area contributed by atoms with Gasteiger partial charge in [-0.05, 0) is 63.7 Å². The summed E-state index contributed by atoms with van der Waals surface area (Å²) in [5, 5.41) is 6.74. The van der Waals surface area contributed by atoms with E-state index in [1.807, 2.05) is 0 Å². The van der Waals surface area contributed by atoms with Crippen molar-refractivity contribution in [2.75, 3.05) is 4.90 Å². The van der Waals surface area contributed by atoms with Gasteiger partial charge < -0.3 is 4.90 Å². The summed E-state index contributed by atoms with van der Waals surface area (Å²) in [5.41, 5.74) is 5.91. The first-order valence-electron chi connectivity index (χ1n) is 10.0. The second kappa shape index (κ2) is 8.40. The van der Waals surface area contributed by atoms with Crippen LogP contribution in [0.5, 0.6) is 0 Å². The lowest BCUT2D eigenvalue weighted by Gasteiger charge is -2.27. The van der Waals surface area contributed by atoms with Gasteiger partial charge in [0.2, 0.25) is 0 Å². The zero-order chi connectivity index (χ0) is 20.2. The van der Waals surface area contributed by atoms with Crippen molar-refractivity contribution in [3.05, 3.63) is 125 Å². The van der Waals surface area contributed by atoms with Gasteiger partial charge in [0.05, 0.1) is 5.69 Å². The third-order valence-electron chi connectivity index (χ3n) is 5.18. The molecular formula is C28H21NS. The van der Waals surface area contributed by atoms with Crippen LogP contribution >= 0.6 is 11.3 Å². The Bertz CT molecular complexity index is 1260. The SMILES string of the molecule is C(=Cc1ccsc1)c1ccc(N(c2ccccc2)c2cccc3ccccc23)cc1. The molecule has 144 valence electrons. The van der Waals surface area contributed by atoms with Crippen LogP contribution in [0.2, 0.25) is 0 Å². The molecule has 0 atom stereocenters. The van der Waals surface area contributed by atoms with Crippen molar-refractivity contribution >= 4 is 51.3 Å². The zero-order valence-corrected chi connectivity index (χ0v) is 17.3. The van der Waals surface area contributed by atoms with Crippen LogP contribution in [-0.2, 0) is 0 Å². The van der Waals surface area contributed by atoms with Gasteiger partial charge >= 0.3 is 0 Å². The fraction of sp³-hybridized carbons (Fsp3) is 0. The maximum atomic E-state index is 2.33. The monoisotopic (exact) mass is 403 g/mol. The molecule has 4 aromatic carbocycles. The second-order valence-electron chi connectivity index (χ2n) is 7.15. The molecule has 0 aliphatic carbocycles. The van der Waals surface area contributed by atoms with Gasteiger partial charge in [0.15, 0.2) is 0 Å². The maximum absolute atomic E-state index is 2.33. The minimum Gasteiger partial charge on any atom is -0.310 e. The Labute approximate surface area is 181 Å². The first-order valence-corrected chi connectivity index (χ1v) is 11.0. The summed E-state index contributed by atoms with van der Waals surface area (Å²) in [5.74, 6) is 0. The van der Waals surface area contributed by atoms with Crippen molar-refractivity contribution in [1.82, 2.24) is 0 Å². The first-order chi connectivity index (χ1) is 14.9. The van der Waals surface area contributed by atoms with E-state index in [1.165, 1.54) is 27.6 Å². The predicted octanol–water partition coefficient (Wildman–Crippen LogP) is 8.54. The van der Waals surface area contributed by atoms with Gasteiger partial charge in [-0.2, -0.15) is 11.3 Å². The molecule has 0 bridgehead atoms. The largest absolute Gasteiger partial charge is 0.310 e. The number of para-hydroxylation sites is 1. The topological polar surface area (TPSA) is 3.24 Å². The number of nitrogens with zero attached hydrogens (tertiary/aromatic N) is 1. The number of rotatable bonds is 5. The Balaban J connectivity index is 1.58. The number of hydrogen-bond acceptors (Lipinski definition) is 2. The van der Waals surface area contributed by atoms with E-state index in [4.69, 9.17) is 0 Å². The average molecular weight is 404 g/mol. The minimum absolute atomic E-state index is 1.14. The number of anilines is 3. The van der Waals surface area contributed by atoms with Crippen molar-refractivity contribution in [2.45, 2.75) is 0 Å². The lowest BCUT2D eigenvalue weighted by Crippen LogP contribution is -2.10. The molecule has 1 heterocycles. The van der Waals surface area contributed by atoms with Gasteiger partial charge in [0.25, 0.3) is 0 Å². The molecule has 0 spiro atoms. The number of fused-ring (bicyclic) bond motifs is 1. The Morgan fingerprint density at radius 1 is 0.567 bits per heavy atom.